The molecule has 0 fully saturated rings. The number of aromatic nitrogens is 4. The van der Waals surface area contributed by atoms with E-state index >= 15 is 0 Å². The van der Waals surface area contributed by atoms with Crippen molar-refractivity contribution in [2.24, 2.45) is 5.92 Å². The van der Waals surface area contributed by atoms with E-state index in [0.29, 0.717) is 27.6 Å². The van der Waals surface area contributed by atoms with Crippen LogP contribution in [0.3, 0.4) is 0 Å². The van der Waals surface area contributed by atoms with Crippen LogP contribution in [0.15, 0.2) is 54.7 Å². The third-order valence-electron chi connectivity index (χ3n) is 6.91. The zero-order valence-corrected chi connectivity index (χ0v) is 22.6. The van der Waals surface area contributed by atoms with E-state index in [4.69, 9.17) is 4.98 Å². The van der Waals surface area contributed by atoms with Gasteiger partial charge in [-0.15, -0.1) is 11.3 Å². The monoisotopic (exact) mass is 539 g/mol. The van der Waals surface area contributed by atoms with Crippen molar-refractivity contribution in [3.8, 4) is 0 Å². The van der Waals surface area contributed by atoms with Gasteiger partial charge in [-0.25, -0.2) is 9.97 Å². The molecule has 0 spiro atoms. The minimum Gasteiger partial charge on any atom is -0.324 e. The summed E-state index contributed by atoms with van der Waals surface area (Å²) >= 11 is 1.54. The number of imidazole rings is 1. The summed E-state index contributed by atoms with van der Waals surface area (Å²) in [5.74, 6) is 0.249. The minimum atomic E-state index is -0.387. The number of anilines is 2. The first-order valence-electron chi connectivity index (χ1n) is 13.1. The molecule has 0 unspecified atom stereocenters. The number of para-hydroxylation sites is 1. The van der Waals surface area contributed by atoms with Gasteiger partial charge in [0.15, 0.2) is 5.13 Å². The predicted octanol–water partition coefficient (Wildman–Crippen LogP) is 5.48. The van der Waals surface area contributed by atoms with E-state index in [0.717, 1.165) is 42.5 Å². The molecule has 1 aliphatic rings. The number of carbonyl (C=O) groups is 2. The lowest BCUT2D eigenvalue weighted by atomic mass is 10.1. The molecular formula is C29H29N7O2S. The van der Waals surface area contributed by atoms with Crippen LogP contribution in [0.5, 0.6) is 0 Å². The van der Waals surface area contributed by atoms with Gasteiger partial charge in [0.05, 0.1) is 16.8 Å². The van der Waals surface area contributed by atoms with Crippen molar-refractivity contribution in [2.45, 2.75) is 33.2 Å². The Hall–Kier alpha value is -4.15. The van der Waals surface area contributed by atoms with Crippen LogP contribution in [0.2, 0.25) is 0 Å². The molecule has 6 rings (SSSR count). The fourth-order valence-corrected chi connectivity index (χ4v) is 5.80. The van der Waals surface area contributed by atoms with Gasteiger partial charge in [0.2, 0.25) is 5.95 Å². The van der Waals surface area contributed by atoms with Crippen molar-refractivity contribution in [1.29, 1.82) is 0 Å². The fraction of sp³-hybridized carbons (Fsp3) is 0.276. The number of amides is 2. The van der Waals surface area contributed by atoms with E-state index in [9.17, 15) is 9.59 Å². The number of thiazole rings is 1. The zero-order chi connectivity index (χ0) is 26.9. The van der Waals surface area contributed by atoms with Crippen molar-refractivity contribution in [3.05, 3.63) is 76.6 Å². The molecule has 3 N–H and O–H groups in total. The summed E-state index contributed by atoms with van der Waals surface area (Å²) in [5.41, 5.74) is 2.87. The maximum atomic E-state index is 13.3. The molecule has 3 aromatic heterocycles. The van der Waals surface area contributed by atoms with Crippen LogP contribution in [-0.2, 0) is 13.0 Å². The van der Waals surface area contributed by atoms with Gasteiger partial charge in [-0.05, 0) is 42.5 Å². The maximum absolute atomic E-state index is 13.3. The predicted molar refractivity (Wildman–Crippen MR) is 154 cm³/mol. The lowest BCUT2D eigenvalue weighted by molar-refractivity contribution is 0.101. The number of H-pyrrole nitrogens is 1. The first-order valence-corrected chi connectivity index (χ1v) is 13.9. The molecule has 0 bridgehead atoms. The Kier molecular flexibility index (Phi) is 6.80. The van der Waals surface area contributed by atoms with Gasteiger partial charge in [0, 0.05) is 36.0 Å². The van der Waals surface area contributed by atoms with Gasteiger partial charge in [-0.3, -0.25) is 30.1 Å². The van der Waals surface area contributed by atoms with Crippen LogP contribution in [0.1, 0.15) is 51.7 Å². The first-order chi connectivity index (χ1) is 18.9. The third kappa shape index (κ3) is 5.39. The van der Waals surface area contributed by atoms with Crippen LogP contribution in [0.25, 0.3) is 21.8 Å². The lowest BCUT2D eigenvalue weighted by Crippen LogP contribution is -2.31. The Labute approximate surface area is 229 Å². The average Bonchev–Trinajstić information content (AvgIpc) is 3.53. The largest absolute Gasteiger partial charge is 0.324 e. The normalized spacial score (nSPS) is 13.6. The van der Waals surface area contributed by atoms with Crippen molar-refractivity contribution >= 4 is 56.0 Å². The molecule has 1 aliphatic heterocycles. The van der Waals surface area contributed by atoms with Gasteiger partial charge in [0.25, 0.3) is 11.8 Å². The number of hydrogen-bond donors (Lipinski definition) is 3. The molecular weight excluding hydrogens is 510 g/mol. The highest BCUT2D eigenvalue weighted by Gasteiger charge is 2.23. The molecule has 5 aromatic rings. The first kappa shape index (κ1) is 25.1. The number of hydrogen-bond acceptors (Lipinski definition) is 7. The van der Waals surface area contributed by atoms with Crippen molar-refractivity contribution in [2.75, 3.05) is 23.7 Å². The van der Waals surface area contributed by atoms with Crippen LogP contribution >= 0.6 is 11.3 Å². The third-order valence-corrected chi connectivity index (χ3v) is 7.90. The second-order valence-electron chi connectivity index (χ2n) is 10.2. The summed E-state index contributed by atoms with van der Waals surface area (Å²) in [6.45, 7) is 7.43. The summed E-state index contributed by atoms with van der Waals surface area (Å²) in [5, 5.41) is 8.21. The molecule has 10 heteroatoms. The highest BCUT2D eigenvalue weighted by Crippen LogP contribution is 2.29. The number of carbonyl (C=O) groups excluding carboxylic acids is 2. The molecule has 198 valence electrons. The number of nitrogens with zero attached hydrogens (tertiary/aromatic N) is 4. The Balaban J connectivity index is 1.17. The maximum Gasteiger partial charge on any atom is 0.276 e. The summed E-state index contributed by atoms with van der Waals surface area (Å²) in [7, 11) is 0. The quantitative estimate of drug-likeness (QED) is 0.252. The number of nitrogens with one attached hydrogen (secondary N) is 3. The number of benzene rings is 2. The Morgan fingerprint density at radius 2 is 1.90 bits per heavy atom. The van der Waals surface area contributed by atoms with Gasteiger partial charge in [0.1, 0.15) is 11.2 Å². The van der Waals surface area contributed by atoms with Crippen LogP contribution in [0, 0.1) is 5.92 Å². The second kappa shape index (κ2) is 10.5. The highest BCUT2D eigenvalue weighted by molar-refractivity contribution is 7.15. The Bertz CT molecular complexity index is 1690. The lowest BCUT2D eigenvalue weighted by Gasteiger charge is -2.26. The van der Waals surface area contributed by atoms with Gasteiger partial charge >= 0.3 is 0 Å². The highest BCUT2D eigenvalue weighted by atomic mass is 32.1. The average molecular weight is 540 g/mol. The van der Waals surface area contributed by atoms with E-state index in [1.807, 2.05) is 30.3 Å². The summed E-state index contributed by atoms with van der Waals surface area (Å²) in [4.78, 5) is 46.4. The molecule has 2 amide bonds. The fourth-order valence-electron chi connectivity index (χ4n) is 4.75. The molecule has 0 saturated heterocycles. The number of rotatable bonds is 7. The standard InChI is InChI=1S/C29H29N7O2S/c1-17(2)10-12-36-13-11-21-24(16-36)39-29(32-21)35-26(37)20-8-5-9-22-25(20)33-28(31-22)34-27(38)23-14-18-6-3-4-7-19(18)15-30-23/h3-9,14-15,17H,10-13,16H2,1-2H3,(H,32,35,37)(H2,31,33,34,38). The number of aromatic amines is 1. The van der Waals surface area contributed by atoms with Crippen LogP contribution in [-0.4, -0.2) is 49.7 Å². The van der Waals surface area contributed by atoms with E-state index in [-0.39, 0.29) is 23.5 Å². The molecule has 4 heterocycles. The second-order valence-corrected chi connectivity index (χ2v) is 11.3. The van der Waals surface area contributed by atoms with Gasteiger partial charge in [-0.2, -0.15) is 0 Å². The Morgan fingerprint density at radius 3 is 2.74 bits per heavy atom. The Morgan fingerprint density at radius 1 is 1.05 bits per heavy atom. The molecule has 2 aromatic carbocycles. The van der Waals surface area contributed by atoms with Crippen molar-refractivity contribution in [1.82, 2.24) is 24.8 Å². The summed E-state index contributed by atoms with van der Waals surface area (Å²) < 4.78 is 0. The van der Waals surface area contributed by atoms with Gasteiger partial charge < -0.3 is 4.98 Å². The molecule has 9 nitrogen and oxygen atoms in total. The molecule has 0 radical (unpaired) electrons. The van der Waals surface area contributed by atoms with Crippen LogP contribution in [0.4, 0.5) is 11.1 Å². The van der Waals surface area contributed by atoms with Crippen molar-refractivity contribution in [3.63, 3.8) is 0 Å². The van der Waals surface area contributed by atoms with E-state index in [2.05, 4.69) is 44.3 Å². The molecule has 39 heavy (non-hydrogen) atoms. The van der Waals surface area contributed by atoms with Gasteiger partial charge in [-0.1, -0.05) is 44.2 Å². The molecule has 0 aliphatic carbocycles. The SMILES string of the molecule is CC(C)CCN1CCc2nc(NC(=O)c3cccc4[nH]c(NC(=O)c5cc6ccccc6cn5)nc34)sc2C1. The topological polar surface area (TPSA) is 116 Å². The zero-order valence-electron chi connectivity index (χ0n) is 21.8. The van der Waals surface area contributed by atoms with E-state index < -0.39 is 0 Å². The van der Waals surface area contributed by atoms with Crippen LogP contribution < -0.4 is 10.6 Å². The molecule has 0 atom stereocenters. The van der Waals surface area contributed by atoms with E-state index in [1.54, 1.807) is 24.4 Å². The summed E-state index contributed by atoms with van der Waals surface area (Å²) in [6, 6.07) is 14.8. The summed E-state index contributed by atoms with van der Waals surface area (Å²) in [6.07, 6.45) is 3.74. The smallest absolute Gasteiger partial charge is 0.276 e. The minimum absolute atomic E-state index is 0.247. The molecule has 0 saturated carbocycles. The van der Waals surface area contributed by atoms with E-state index in [1.165, 1.54) is 22.6 Å². The number of fused-ring (bicyclic) bond motifs is 3. The van der Waals surface area contributed by atoms with Crippen molar-refractivity contribution < 1.29 is 9.59 Å². The number of pyridine rings is 1.